The summed E-state index contributed by atoms with van der Waals surface area (Å²) in [5, 5.41) is 6.56. The average Bonchev–Trinajstić information content (AvgIpc) is 2.82. The van der Waals surface area contributed by atoms with E-state index in [-0.39, 0.29) is 11.4 Å². The van der Waals surface area contributed by atoms with Crippen LogP contribution in [0.15, 0.2) is 9.31 Å². The molecule has 0 unspecified atom stereocenters. The van der Waals surface area contributed by atoms with Gasteiger partial charge < -0.3 is 4.42 Å². The molecule has 7 nitrogen and oxygen atoms in total. The molecule has 0 spiro atoms. The first kappa shape index (κ1) is 14.7. The van der Waals surface area contributed by atoms with Crippen LogP contribution in [0.4, 0.5) is 0 Å². The molecule has 0 aromatic carbocycles. The number of nitrogens with zero attached hydrogens (tertiary/aromatic N) is 2. The fourth-order valence-electron chi connectivity index (χ4n) is 2.11. The van der Waals surface area contributed by atoms with E-state index in [1.165, 1.54) is 0 Å². The van der Waals surface area contributed by atoms with Gasteiger partial charge in [0.2, 0.25) is 10.0 Å². The van der Waals surface area contributed by atoms with Crippen molar-refractivity contribution in [3.05, 3.63) is 28.7 Å². The maximum absolute atomic E-state index is 12.2. The summed E-state index contributed by atoms with van der Waals surface area (Å²) >= 11 is 0. The highest BCUT2D eigenvalue weighted by Gasteiger charge is 2.21. The van der Waals surface area contributed by atoms with Crippen molar-refractivity contribution in [3.8, 4) is 0 Å². The summed E-state index contributed by atoms with van der Waals surface area (Å²) < 4.78 is 32.4. The Labute approximate surface area is 117 Å². The molecule has 2 aromatic rings. The Hall–Kier alpha value is -1.67. The molecule has 8 heteroatoms. The number of oxazole rings is 1. The van der Waals surface area contributed by atoms with Gasteiger partial charge in [0.1, 0.15) is 10.7 Å². The van der Waals surface area contributed by atoms with Gasteiger partial charge in [-0.2, -0.15) is 5.10 Å². The van der Waals surface area contributed by atoms with E-state index in [1.54, 1.807) is 20.8 Å². The number of rotatable bonds is 5. The van der Waals surface area contributed by atoms with Gasteiger partial charge in [-0.3, -0.25) is 5.10 Å². The molecule has 0 fully saturated rings. The van der Waals surface area contributed by atoms with Crippen molar-refractivity contribution in [2.45, 2.75) is 39.0 Å². The minimum Gasteiger partial charge on any atom is -0.446 e. The summed E-state index contributed by atoms with van der Waals surface area (Å²) in [6.07, 6.45) is 0.460. The number of H-pyrrole nitrogens is 1. The predicted molar refractivity (Wildman–Crippen MR) is 72.9 cm³/mol. The molecular weight excluding hydrogens is 280 g/mol. The van der Waals surface area contributed by atoms with E-state index in [1.807, 2.05) is 6.92 Å². The minimum atomic E-state index is -3.56. The Morgan fingerprint density at radius 3 is 2.40 bits per heavy atom. The van der Waals surface area contributed by atoms with Gasteiger partial charge in [-0.25, -0.2) is 18.1 Å². The summed E-state index contributed by atoms with van der Waals surface area (Å²) in [4.78, 5) is 4.36. The number of aromatic nitrogens is 3. The topological polar surface area (TPSA) is 101 Å². The van der Waals surface area contributed by atoms with E-state index in [0.717, 1.165) is 5.69 Å². The van der Waals surface area contributed by atoms with Crippen LogP contribution < -0.4 is 4.72 Å². The van der Waals surface area contributed by atoms with Crippen LogP contribution >= 0.6 is 0 Å². The molecule has 0 aliphatic heterocycles. The van der Waals surface area contributed by atoms with Gasteiger partial charge in [0, 0.05) is 19.9 Å². The van der Waals surface area contributed by atoms with E-state index < -0.39 is 10.0 Å². The quantitative estimate of drug-likeness (QED) is 0.862. The van der Waals surface area contributed by atoms with Crippen LogP contribution in [0, 0.1) is 27.7 Å². The average molecular weight is 298 g/mol. The maximum Gasteiger partial charge on any atom is 0.244 e. The smallest absolute Gasteiger partial charge is 0.244 e. The van der Waals surface area contributed by atoms with Crippen molar-refractivity contribution in [1.29, 1.82) is 0 Å². The lowest BCUT2D eigenvalue weighted by Crippen LogP contribution is -2.26. The van der Waals surface area contributed by atoms with Crippen LogP contribution in [-0.2, 0) is 16.4 Å². The van der Waals surface area contributed by atoms with E-state index in [9.17, 15) is 8.42 Å². The van der Waals surface area contributed by atoms with Gasteiger partial charge in [0.25, 0.3) is 0 Å². The number of hydrogen-bond acceptors (Lipinski definition) is 5. The molecule has 2 heterocycles. The van der Waals surface area contributed by atoms with Gasteiger partial charge in [0.05, 0.1) is 17.1 Å². The van der Waals surface area contributed by atoms with Crippen LogP contribution in [-0.4, -0.2) is 30.1 Å². The second kappa shape index (κ2) is 5.37. The normalized spacial score (nSPS) is 12.0. The van der Waals surface area contributed by atoms with Crippen molar-refractivity contribution < 1.29 is 12.8 Å². The molecule has 2 aromatic heterocycles. The third kappa shape index (κ3) is 2.91. The molecule has 0 aliphatic rings. The summed E-state index contributed by atoms with van der Waals surface area (Å²) in [5.74, 6) is 1.28. The van der Waals surface area contributed by atoms with Crippen molar-refractivity contribution in [1.82, 2.24) is 19.9 Å². The second-order valence-electron chi connectivity index (χ2n) is 4.65. The van der Waals surface area contributed by atoms with E-state index >= 15 is 0 Å². The first-order chi connectivity index (χ1) is 9.31. The van der Waals surface area contributed by atoms with E-state index in [4.69, 9.17) is 4.42 Å². The zero-order chi connectivity index (χ0) is 14.9. The number of hydrogen-bond donors (Lipinski definition) is 2. The minimum absolute atomic E-state index is 0.211. The largest absolute Gasteiger partial charge is 0.446 e. The molecule has 0 aliphatic carbocycles. The summed E-state index contributed by atoms with van der Waals surface area (Å²) in [7, 11) is -3.56. The van der Waals surface area contributed by atoms with Gasteiger partial charge in [-0.1, -0.05) is 0 Å². The predicted octanol–water partition coefficient (Wildman–Crippen LogP) is 1.15. The first-order valence-electron chi connectivity index (χ1n) is 6.25. The molecule has 0 bridgehead atoms. The fourth-order valence-corrected chi connectivity index (χ4v) is 3.51. The van der Waals surface area contributed by atoms with Crippen molar-refractivity contribution in [2.75, 3.05) is 6.54 Å². The SMILES string of the molecule is Cc1nc(C)c(CCNS(=O)(=O)c2c(C)n[nH]c2C)o1. The summed E-state index contributed by atoms with van der Waals surface area (Å²) in [5.41, 5.74) is 1.78. The Morgan fingerprint density at radius 2 is 1.90 bits per heavy atom. The summed E-state index contributed by atoms with van der Waals surface area (Å²) in [6, 6.07) is 0. The van der Waals surface area contributed by atoms with Gasteiger partial charge >= 0.3 is 0 Å². The Morgan fingerprint density at radius 1 is 1.20 bits per heavy atom. The fraction of sp³-hybridized carbons (Fsp3) is 0.500. The maximum atomic E-state index is 12.2. The zero-order valence-electron chi connectivity index (χ0n) is 11.9. The molecule has 0 radical (unpaired) electrons. The Bertz CT molecular complexity index is 696. The van der Waals surface area contributed by atoms with Gasteiger partial charge in [0.15, 0.2) is 5.89 Å². The van der Waals surface area contributed by atoms with Crippen LogP contribution in [0.5, 0.6) is 0 Å². The number of nitrogens with one attached hydrogen (secondary N) is 2. The molecule has 0 saturated heterocycles. The van der Waals surface area contributed by atoms with Crippen LogP contribution in [0.1, 0.15) is 28.7 Å². The van der Waals surface area contributed by atoms with E-state index in [2.05, 4.69) is 19.9 Å². The highest BCUT2D eigenvalue weighted by Crippen LogP contribution is 2.16. The molecule has 110 valence electrons. The van der Waals surface area contributed by atoms with Gasteiger partial charge in [-0.15, -0.1) is 0 Å². The lowest BCUT2D eigenvalue weighted by molar-refractivity contribution is 0.472. The molecule has 0 amide bonds. The summed E-state index contributed by atoms with van der Waals surface area (Å²) in [6.45, 7) is 7.19. The molecule has 2 N–H and O–H groups in total. The third-order valence-corrected chi connectivity index (χ3v) is 4.70. The third-order valence-electron chi connectivity index (χ3n) is 2.97. The van der Waals surface area contributed by atoms with Crippen LogP contribution in [0.3, 0.4) is 0 Å². The second-order valence-corrected chi connectivity index (χ2v) is 6.36. The highest BCUT2D eigenvalue weighted by molar-refractivity contribution is 7.89. The van der Waals surface area contributed by atoms with Crippen molar-refractivity contribution in [2.24, 2.45) is 0 Å². The standard InChI is InChI=1S/C12H18N4O3S/c1-7-11(19-10(4)14-7)5-6-13-20(17,18)12-8(2)15-16-9(12)3/h13H,5-6H2,1-4H3,(H,15,16). The van der Waals surface area contributed by atoms with E-state index in [0.29, 0.717) is 29.5 Å². The molecule has 20 heavy (non-hydrogen) atoms. The lowest BCUT2D eigenvalue weighted by Gasteiger charge is -2.06. The van der Waals surface area contributed by atoms with Crippen LogP contribution in [0.2, 0.25) is 0 Å². The number of sulfonamides is 1. The highest BCUT2D eigenvalue weighted by atomic mass is 32.2. The number of aryl methyl sites for hydroxylation is 4. The molecular formula is C12H18N4O3S. The first-order valence-corrected chi connectivity index (χ1v) is 7.73. The van der Waals surface area contributed by atoms with Gasteiger partial charge in [-0.05, 0) is 20.8 Å². The lowest BCUT2D eigenvalue weighted by atomic mass is 10.3. The van der Waals surface area contributed by atoms with Crippen molar-refractivity contribution in [3.63, 3.8) is 0 Å². The number of aromatic amines is 1. The van der Waals surface area contributed by atoms with Crippen LogP contribution in [0.25, 0.3) is 0 Å². The molecule has 2 rings (SSSR count). The molecule has 0 saturated carbocycles. The monoisotopic (exact) mass is 298 g/mol. The molecule has 0 atom stereocenters. The Balaban J connectivity index is 2.05. The Kier molecular flexibility index (Phi) is 3.96. The zero-order valence-corrected chi connectivity index (χ0v) is 12.8. The van der Waals surface area contributed by atoms with Crippen molar-refractivity contribution >= 4 is 10.0 Å².